The highest BCUT2D eigenvalue weighted by Gasteiger charge is 2.32. The molecule has 11 heteroatoms. The Bertz CT molecular complexity index is 1280. The molecule has 0 aliphatic rings. The number of benzene rings is 3. The molecule has 2 amide bonds. The molecule has 0 spiro atoms. The highest BCUT2D eigenvalue weighted by atomic mass is 32.2. The fourth-order valence-corrected chi connectivity index (χ4v) is 4.99. The monoisotopic (exact) mass is 495 g/mol. The van der Waals surface area contributed by atoms with Crippen LogP contribution in [0.2, 0.25) is 0 Å². The molecule has 3 rings (SSSR count). The first-order chi connectivity index (χ1) is 16.0. The third kappa shape index (κ3) is 6.31. The Labute approximate surface area is 195 Å². The number of urea groups is 1. The van der Waals surface area contributed by atoms with Crippen molar-refractivity contribution in [1.29, 1.82) is 0 Å². The van der Waals surface area contributed by atoms with Crippen LogP contribution in [0.3, 0.4) is 0 Å². The number of anilines is 2. The Morgan fingerprint density at radius 3 is 2.35 bits per heavy atom. The summed E-state index contributed by atoms with van der Waals surface area (Å²) < 4.78 is 67.4. The van der Waals surface area contributed by atoms with Gasteiger partial charge in [0.25, 0.3) is 0 Å². The summed E-state index contributed by atoms with van der Waals surface area (Å²) in [5.74, 6) is -0.771. The first kappa shape index (κ1) is 25.2. The summed E-state index contributed by atoms with van der Waals surface area (Å²) in [5.41, 5.74) is 0.722. The summed E-state index contributed by atoms with van der Waals surface area (Å²) in [6.07, 6.45) is -4.79. The minimum absolute atomic E-state index is 0.00106. The summed E-state index contributed by atoms with van der Waals surface area (Å²) in [4.78, 5) is 14.2. The number of sulfone groups is 1. The van der Waals surface area contributed by atoms with E-state index in [2.05, 4.69) is 15.4 Å². The number of nitrogens with one attached hydrogen (secondary N) is 2. The quantitative estimate of drug-likeness (QED) is 0.439. The van der Waals surface area contributed by atoms with E-state index in [4.69, 9.17) is 0 Å². The average Bonchev–Trinajstić information content (AvgIpc) is 2.76. The molecule has 3 aromatic carbocycles. The number of ether oxygens (including phenoxy) is 1. The minimum Gasteiger partial charge on any atom is -0.404 e. The molecule has 0 atom stereocenters. The number of carbonyl (C=O) groups is 1. The van der Waals surface area contributed by atoms with Crippen LogP contribution in [0.25, 0.3) is 10.8 Å². The normalized spacial score (nSPS) is 11.8. The van der Waals surface area contributed by atoms with Gasteiger partial charge in [0.15, 0.2) is 15.6 Å². The van der Waals surface area contributed by atoms with Gasteiger partial charge in [-0.05, 0) is 30.7 Å². The standard InChI is InChI=1S/C23H24F3N3O4S/c1-29(2)19-11-5-9-17-16(19)8-6-13-21(17)34(31,32)15-7-14-27-22(30)28-18-10-3-4-12-20(18)33-23(24,25)26/h3-6,8-13H,7,14-15H2,1-2H3,(H2,27,28,30). The fourth-order valence-electron chi connectivity index (χ4n) is 3.45. The van der Waals surface area contributed by atoms with E-state index in [1.165, 1.54) is 18.2 Å². The van der Waals surface area contributed by atoms with Crippen molar-refractivity contribution < 1.29 is 31.1 Å². The van der Waals surface area contributed by atoms with Crippen molar-refractivity contribution in [2.24, 2.45) is 0 Å². The highest BCUT2D eigenvalue weighted by molar-refractivity contribution is 7.91. The van der Waals surface area contributed by atoms with E-state index in [1.807, 2.05) is 31.1 Å². The van der Waals surface area contributed by atoms with Crippen LogP contribution >= 0.6 is 0 Å². The van der Waals surface area contributed by atoms with Crippen molar-refractivity contribution in [3.8, 4) is 5.75 Å². The van der Waals surface area contributed by atoms with Crippen molar-refractivity contribution >= 4 is 38.0 Å². The van der Waals surface area contributed by atoms with Crippen LogP contribution in [-0.2, 0) is 9.84 Å². The molecule has 3 aromatic rings. The lowest BCUT2D eigenvalue weighted by Gasteiger charge is -2.17. The second-order valence-corrected chi connectivity index (χ2v) is 9.70. The molecule has 0 aliphatic carbocycles. The van der Waals surface area contributed by atoms with Gasteiger partial charge >= 0.3 is 12.4 Å². The number of fused-ring (bicyclic) bond motifs is 1. The number of para-hydroxylation sites is 2. The predicted octanol–water partition coefficient (Wildman–Crippen LogP) is 4.79. The zero-order valence-corrected chi connectivity index (χ0v) is 19.3. The van der Waals surface area contributed by atoms with Crippen LogP contribution in [0.4, 0.5) is 29.3 Å². The fraction of sp³-hybridized carbons (Fsp3) is 0.261. The third-order valence-electron chi connectivity index (χ3n) is 4.91. The maximum absolute atomic E-state index is 13.0. The topological polar surface area (TPSA) is 87.7 Å². The minimum atomic E-state index is -4.91. The molecule has 0 saturated heterocycles. The predicted molar refractivity (Wildman–Crippen MR) is 125 cm³/mol. The van der Waals surface area contributed by atoms with Crippen LogP contribution in [0.1, 0.15) is 6.42 Å². The second kappa shape index (κ2) is 10.2. The van der Waals surface area contributed by atoms with Gasteiger partial charge in [-0.3, -0.25) is 0 Å². The van der Waals surface area contributed by atoms with E-state index in [1.54, 1.807) is 24.3 Å². The number of carbonyl (C=O) groups excluding carboxylic acids is 1. The Balaban J connectivity index is 1.61. The molecule has 7 nitrogen and oxygen atoms in total. The smallest absolute Gasteiger partial charge is 0.404 e. The molecule has 0 saturated carbocycles. The zero-order chi connectivity index (χ0) is 24.9. The second-order valence-electron chi connectivity index (χ2n) is 7.62. The number of alkyl halides is 3. The largest absolute Gasteiger partial charge is 0.573 e. The van der Waals surface area contributed by atoms with Crippen LogP contribution in [0.5, 0.6) is 5.75 Å². The van der Waals surface area contributed by atoms with Crippen LogP contribution < -0.4 is 20.3 Å². The van der Waals surface area contributed by atoms with Crippen molar-refractivity contribution in [3.63, 3.8) is 0 Å². The lowest BCUT2D eigenvalue weighted by atomic mass is 10.1. The third-order valence-corrected chi connectivity index (χ3v) is 6.76. The van der Waals surface area contributed by atoms with E-state index < -0.39 is 28.0 Å². The maximum Gasteiger partial charge on any atom is 0.573 e. The highest BCUT2D eigenvalue weighted by Crippen LogP contribution is 2.31. The van der Waals surface area contributed by atoms with Gasteiger partial charge in [-0.2, -0.15) is 0 Å². The SMILES string of the molecule is CN(C)c1cccc2c(S(=O)(=O)CCCNC(=O)Nc3ccccc3OC(F)(F)F)cccc12. The van der Waals surface area contributed by atoms with Crippen LogP contribution in [-0.4, -0.2) is 47.2 Å². The zero-order valence-electron chi connectivity index (χ0n) is 18.5. The lowest BCUT2D eigenvalue weighted by molar-refractivity contribution is -0.274. The van der Waals surface area contributed by atoms with Crippen molar-refractivity contribution in [2.45, 2.75) is 17.7 Å². The van der Waals surface area contributed by atoms with E-state index >= 15 is 0 Å². The number of nitrogens with zero attached hydrogens (tertiary/aromatic N) is 1. The van der Waals surface area contributed by atoms with Gasteiger partial charge < -0.3 is 20.3 Å². The number of halogens is 3. The first-order valence-corrected chi connectivity index (χ1v) is 11.9. The molecule has 0 heterocycles. The Morgan fingerprint density at radius 2 is 1.65 bits per heavy atom. The number of hydrogen-bond acceptors (Lipinski definition) is 5. The van der Waals surface area contributed by atoms with E-state index in [0.717, 1.165) is 17.1 Å². The van der Waals surface area contributed by atoms with Crippen LogP contribution in [0.15, 0.2) is 65.6 Å². The van der Waals surface area contributed by atoms with Gasteiger partial charge in [-0.1, -0.05) is 36.4 Å². The average molecular weight is 496 g/mol. The van der Waals surface area contributed by atoms with Crippen molar-refractivity contribution in [3.05, 3.63) is 60.7 Å². The molecule has 0 unspecified atom stereocenters. The van der Waals surface area contributed by atoms with Gasteiger partial charge in [-0.25, -0.2) is 13.2 Å². The van der Waals surface area contributed by atoms with Gasteiger partial charge in [0.05, 0.1) is 16.3 Å². The number of hydrogen-bond donors (Lipinski definition) is 2. The Kier molecular flexibility index (Phi) is 7.55. The van der Waals surface area contributed by atoms with Gasteiger partial charge in [0.1, 0.15) is 0 Å². The summed E-state index contributed by atoms with van der Waals surface area (Å²) in [7, 11) is 0.102. The van der Waals surface area contributed by atoms with E-state index in [9.17, 15) is 26.4 Å². The molecule has 182 valence electrons. The molecule has 0 bridgehead atoms. The summed E-state index contributed by atoms with van der Waals surface area (Å²) in [5, 5.41) is 6.15. The molecular formula is C23H24F3N3O4S. The van der Waals surface area contributed by atoms with E-state index in [-0.39, 0.29) is 29.3 Å². The lowest BCUT2D eigenvalue weighted by Crippen LogP contribution is -2.31. The van der Waals surface area contributed by atoms with Crippen molar-refractivity contribution in [1.82, 2.24) is 5.32 Å². The molecule has 0 fully saturated rings. The van der Waals surface area contributed by atoms with Gasteiger partial charge in [0, 0.05) is 37.1 Å². The molecule has 34 heavy (non-hydrogen) atoms. The summed E-state index contributed by atoms with van der Waals surface area (Å²) >= 11 is 0. The van der Waals surface area contributed by atoms with Gasteiger partial charge in [-0.15, -0.1) is 13.2 Å². The Hall–Kier alpha value is -3.47. The summed E-state index contributed by atoms with van der Waals surface area (Å²) in [6.45, 7) is 0.00106. The van der Waals surface area contributed by atoms with Gasteiger partial charge in [0.2, 0.25) is 0 Å². The Morgan fingerprint density at radius 1 is 0.971 bits per heavy atom. The first-order valence-electron chi connectivity index (χ1n) is 10.3. The molecule has 2 N–H and O–H groups in total. The molecule has 0 aliphatic heterocycles. The number of rotatable bonds is 8. The van der Waals surface area contributed by atoms with Crippen molar-refractivity contribution in [2.75, 3.05) is 36.6 Å². The number of amides is 2. The van der Waals surface area contributed by atoms with E-state index in [0.29, 0.717) is 5.39 Å². The summed E-state index contributed by atoms with van der Waals surface area (Å²) in [6, 6.07) is 14.9. The molecule has 0 radical (unpaired) electrons. The molecular weight excluding hydrogens is 471 g/mol. The van der Waals surface area contributed by atoms with Crippen LogP contribution in [0, 0.1) is 0 Å². The molecule has 0 aromatic heterocycles. The maximum atomic E-state index is 13.0.